The van der Waals surface area contributed by atoms with Crippen LogP contribution in [0.25, 0.3) is 16.6 Å². The van der Waals surface area contributed by atoms with Gasteiger partial charge >= 0.3 is 5.69 Å². The Morgan fingerprint density at radius 1 is 0.822 bits per heavy atom. The summed E-state index contributed by atoms with van der Waals surface area (Å²) in [6, 6.07) is 56.1. The number of nitrogens with one attached hydrogen (secondary N) is 3. The third kappa shape index (κ3) is 14.2. The number of fused-ring (bicyclic) bond motifs is 1. The van der Waals surface area contributed by atoms with Crippen LogP contribution in [0, 0.1) is 23.2 Å². The monoisotopic (exact) mass is 1240 g/mol. The number of carbonyl (C=O) groups excluding carboxylic acids is 2. The average molecular weight is 1240 g/mol. The van der Waals surface area contributed by atoms with Crippen LogP contribution in [0.15, 0.2) is 193 Å². The lowest BCUT2D eigenvalue weighted by atomic mass is 9.80. The fourth-order valence-electron chi connectivity index (χ4n) is 11.6. The number of amides is 2. The van der Waals surface area contributed by atoms with Gasteiger partial charge in [0, 0.05) is 60.2 Å². The van der Waals surface area contributed by atoms with E-state index in [4.69, 9.17) is 30.7 Å². The third-order valence-electron chi connectivity index (χ3n) is 15.8. The predicted octanol–water partition coefficient (Wildman–Crippen LogP) is 12.1. The van der Waals surface area contributed by atoms with E-state index in [1.54, 1.807) is 40.0 Å². The molecule has 3 aromatic heterocycles. The molecule has 5 atom stereocenters. The van der Waals surface area contributed by atoms with E-state index in [0.29, 0.717) is 47.6 Å². The number of nitrogens with zero attached hydrogens (tertiary/aromatic N) is 8. The van der Waals surface area contributed by atoms with Crippen LogP contribution in [0.4, 0.5) is 11.5 Å². The van der Waals surface area contributed by atoms with Crippen LogP contribution >= 0.6 is 20.7 Å². The molecule has 11 rings (SSSR count). The minimum atomic E-state index is -1.77. The van der Waals surface area contributed by atoms with Crippen molar-refractivity contribution >= 4 is 60.1 Å². The molecule has 2 fully saturated rings. The van der Waals surface area contributed by atoms with E-state index in [-0.39, 0.29) is 49.9 Å². The molecule has 0 radical (unpaired) electrons. The zero-order chi connectivity index (χ0) is 62.6. The first-order valence-electron chi connectivity index (χ1n) is 30.3. The van der Waals surface area contributed by atoms with E-state index in [2.05, 4.69) is 118 Å². The van der Waals surface area contributed by atoms with Crippen molar-refractivity contribution in [1.29, 1.82) is 5.26 Å². The molecule has 90 heavy (non-hydrogen) atoms. The number of para-hydroxylation sites is 1. The number of rotatable bonds is 25. The molecule has 2 saturated heterocycles. The first kappa shape index (κ1) is 62.6. The highest BCUT2D eigenvalue weighted by atomic mass is 32.1. The molecule has 458 valence electrons. The smallest absolute Gasteiger partial charge is 0.351 e. The summed E-state index contributed by atoms with van der Waals surface area (Å²) >= 11 is 5.65. The summed E-state index contributed by atoms with van der Waals surface area (Å²) in [4.78, 5) is 51.2. The Morgan fingerprint density at radius 2 is 1.46 bits per heavy atom. The Labute approximate surface area is 530 Å². The Hall–Kier alpha value is -9.01. The lowest BCUT2D eigenvalue weighted by Crippen LogP contribution is -2.39. The van der Waals surface area contributed by atoms with Gasteiger partial charge in [0.05, 0.1) is 60.6 Å². The Kier molecular flexibility index (Phi) is 20.2. The van der Waals surface area contributed by atoms with Crippen molar-refractivity contribution in [3.05, 3.63) is 238 Å². The van der Waals surface area contributed by atoms with Gasteiger partial charge in [0.1, 0.15) is 24.0 Å². The van der Waals surface area contributed by atoms with Crippen LogP contribution < -0.4 is 21.2 Å². The molecular formula is C70H70N11O7PS. The maximum absolute atomic E-state index is 14.5. The second-order valence-corrected chi connectivity index (χ2v) is 24.4. The van der Waals surface area contributed by atoms with E-state index in [0.717, 1.165) is 51.0 Å². The van der Waals surface area contributed by atoms with Crippen molar-refractivity contribution in [3.63, 3.8) is 0 Å². The number of aryl methyl sites for hydroxylation is 1. The molecule has 0 aliphatic carbocycles. The summed E-state index contributed by atoms with van der Waals surface area (Å²) in [7, 11) is -1.77. The molecule has 2 aliphatic rings. The van der Waals surface area contributed by atoms with Gasteiger partial charge < -0.3 is 34.1 Å². The van der Waals surface area contributed by atoms with Crippen molar-refractivity contribution in [1.82, 2.24) is 39.5 Å². The molecule has 5 heterocycles. The maximum atomic E-state index is 14.5. The van der Waals surface area contributed by atoms with E-state index >= 15 is 0 Å². The number of H-pyrrole nitrogens is 1. The van der Waals surface area contributed by atoms with E-state index in [1.165, 1.54) is 4.57 Å². The first-order valence-corrected chi connectivity index (χ1v) is 31.8. The Bertz CT molecular complexity index is 3990. The second-order valence-electron chi connectivity index (χ2n) is 22.6. The molecule has 0 spiro atoms. The minimum absolute atomic E-state index is 0.0108. The first-order chi connectivity index (χ1) is 43.9. The summed E-state index contributed by atoms with van der Waals surface area (Å²) in [6.45, 7) is 8.48. The van der Waals surface area contributed by atoms with Gasteiger partial charge in [-0.25, -0.2) is 14.1 Å². The van der Waals surface area contributed by atoms with E-state index < -0.39 is 50.2 Å². The van der Waals surface area contributed by atoms with Gasteiger partial charge in [0.25, 0.3) is 20.3 Å². The molecule has 0 saturated carbocycles. The van der Waals surface area contributed by atoms with Gasteiger partial charge in [-0.1, -0.05) is 144 Å². The van der Waals surface area contributed by atoms with E-state index in [9.17, 15) is 19.6 Å². The fourth-order valence-corrected chi connectivity index (χ4v) is 13.7. The zero-order valence-electron chi connectivity index (χ0n) is 50.5. The average Bonchev–Trinajstić information content (AvgIpc) is 1.20. The number of aromatic nitrogens is 6. The standard InChI is InChI=1S/C70H70N11O7PS/c1-48(2)81(49(3)4)89(86-41-23-40-71)88-62-43-64(87-63(62)47-85-70(53-27-14-8-15-28-53,54-29-16-9-17-30-54)55-31-18-10-19-32-55)78-45-51(65(75-68(78)84)74-66(82)50-24-12-7-13-25-50)26-11-5-6-20-33-56-46-79(77-76-56)57-36-38-58(39-37-57)80-67(83)61(73-69(80)90)42-52-44-72-60-35-22-21-34-59(52)60/h7-10,12-19,21-22,24-25,27-32,34-39,44-46,48-49,61-64,72H,5-6,20,23,33,41-43,47H2,1-4H3,(H,73,90)(H,74,75,82,84)/t61-,62?,63-,64-,89?/m0/s1. The fraction of sp³-hybridized carbons (Fsp3) is 0.286. The molecule has 2 aliphatic heterocycles. The molecule has 2 amide bonds. The van der Waals surface area contributed by atoms with Gasteiger partial charge in [0.15, 0.2) is 10.9 Å². The van der Waals surface area contributed by atoms with Crippen LogP contribution in [0.2, 0.25) is 0 Å². The van der Waals surface area contributed by atoms with Crippen LogP contribution in [0.1, 0.15) is 110 Å². The third-order valence-corrected chi connectivity index (χ3v) is 18.3. The summed E-state index contributed by atoms with van der Waals surface area (Å²) in [5.41, 5.74) is 5.92. The molecule has 2 unspecified atom stereocenters. The Balaban J connectivity index is 0.816. The quantitative estimate of drug-likeness (QED) is 0.0160. The largest absolute Gasteiger partial charge is 0.361 e. The normalized spacial score (nSPS) is 17.0. The van der Waals surface area contributed by atoms with E-state index in [1.807, 2.05) is 122 Å². The highest BCUT2D eigenvalue weighted by molar-refractivity contribution is 7.80. The summed E-state index contributed by atoms with van der Waals surface area (Å²) in [6.07, 6.45) is 6.48. The van der Waals surface area contributed by atoms with Gasteiger partial charge in [-0.15, -0.1) is 5.10 Å². The van der Waals surface area contributed by atoms with Crippen molar-refractivity contribution in [3.8, 4) is 23.6 Å². The number of nitriles is 1. The Morgan fingerprint density at radius 3 is 2.11 bits per heavy atom. The number of thiocarbonyl (C=S) groups is 1. The minimum Gasteiger partial charge on any atom is -0.361 e. The van der Waals surface area contributed by atoms with Crippen LogP contribution in [-0.4, -0.2) is 94.7 Å². The molecule has 3 N–H and O–H groups in total. The number of benzene rings is 6. The molecule has 6 aromatic carbocycles. The van der Waals surface area contributed by atoms with Gasteiger partial charge in [-0.3, -0.25) is 19.1 Å². The second kappa shape index (κ2) is 29.1. The zero-order valence-corrected chi connectivity index (χ0v) is 52.2. The molecule has 18 nitrogen and oxygen atoms in total. The maximum Gasteiger partial charge on any atom is 0.351 e. The molecule has 20 heteroatoms. The highest BCUT2D eigenvalue weighted by Gasteiger charge is 2.45. The van der Waals surface area contributed by atoms with Crippen molar-refractivity contribution in [2.75, 3.05) is 23.4 Å². The molecule has 9 aromatic rings. The van der Waals surface area contributed by atoms with Gasteiger partial charge in [-0.2, -0.15) is 10.2 Å². The number of anilines is 2. The van der Waals surface area contributed by atoms with Gasteiger partial charge in [0.2, 0.25) is 0 Å². The number of unbranched alkanes of at least 4 members (excludes halogenated alkanes) is 2. The van der Waals surface area contributed by atoms with Crippen molar-refractivity contribution < 1.29 is 28.1 Å². The highest BCUT2D eigenvalue weighted by Crippen LogP contribution is 2.51. The molecule has 0 bridgehead atoms. The van der Waals surface area contributed by atoms with Crippen molar-refractivity contribution in [2.45, 2.75) is 115 Å². The lowest BCUT2D eigenvalue weighted by Gasteiger charge is -2.39. The molecular weight excluding hydrogens is 1170 g/mol. The SMILES string of the molecule is CC(C)N(C(C)C)P(OCCC#N)OC1C[C@@H](n2cc(C#CCCCCc3cn(-c4ccc(N5C(=O)[C@H](Cc6c[nH]c7ccccc67)NC5=S)cc4)nn3)c(NC(=O)c3ccccc3)nc2=O)O[C@H]1COC(c1ccccc1)(c1ccccc1)c1ccccc1. The van der Waals surface area contributed by atoms with Gasteiger partial charge in [-0.05, 0) is 124 Å². The summed E-state index contributed by atoms with van der Waals surface area (Å²) in [5.74, 6) is 5.97. The number of aromatic amines is 1. The summed E-state index contributed by atoms with van der Waals surface area (Å²) in [5, 5.41) is 25.9. The summed E-state index contributed by atoms with van der Waals surface area (Å²) < 4.78 is 33.2. The van der Waals surface area contributed by atoms with Crippen LogP contribution in [-0.2, 0) is 41.8 Å². The van der Waals surface area contributed by atoms with Crippen molar-refractivity contribution in [2.24, 2.45) is 0 Å². The topological polar surface area (TPSA) is 207 Å². The predicted molar refractivity (Wildman–Crippen MR) is 351 cm³/mol. The van der Waals surface area contributed by atoms with Crippen LogP contribution in [0.3, 0.4) is 0 Å². The number of hydrogen-bond donors (Lipinski definition) is 3. The number of carbonyl (C=O) groups is 2. The number of hydrogen-bond acceptors (Lipinski definition) is 13. The number of ether oxygens (including phenoxy) is 2. The van der Waals surface area contributed by atoms with Crippen LogP contribution in [0.5, 0.6) is 0 Å². The lowest BCUT2D eigenvalue weighted by molar-refractivity contribution is -0.118.